The SMILES string of the molecule is CC[C@H]1Oc2ccccc2N(CC(=O)NCc2ccc(F)cc2)C1=O. The maximum absolute atomic E-state index is 12.9. The molecule has 0 aliphatic carbocycles. The van der Waals surface area contributed by atoms with E-state index < -0.39 is 6.10 Å². The fourth-order valence-electron chi connectivity index (χ4n) is 2.70. The van der Waals surface area contributed by atoms with Gasteiger partial charge in [-0.3, -0.25) is 14.5 Å². The molecule has 1 N–H and O–H groups in total. The van der Waals surface area contributed by atoms with Crippen LogP contribution in [-0.4, -0.2) is 24.5 Å². The topological polar surface area (TPSA) is 58.6 Å². The summed E-state index contributed by atoms with van der Waals surface area (Å²) >= 11 is 0. The van der Waals surface area contributed by atoms with E-state index in [4.69, 9.17) is 4.74 Å². The Kier molecular flexibility index (Phi) is 4.97. The van der Waals surface area contributed by atoms with E-state index in [-0.39, 0.29) is 30.7 Å². The lowest BCUT2D eigenvalue weighted by Crippen LogP contribution is -2.49. The molecule has 3 rings (SSSR count). The van der Waals surface area contributed by atoms with E-state index in [2.05, 4.69) is 5.32 Å². The van der Waals surface area contributed by atoms with Crippen molar-refractivity contribution in [2.24, 2.45) is 0 Å². The Balaban J connectivity index is 1.69. The normalized spacial score (nSPS) is 16.2. The van der Waals surface area contributed by atoms with Crippen LogP contribution in [0.15, 0.2) is 48.5 Å². The lowest BCUT2D eigenvalue weighted by atomic mass is 10.1. The molecule has 0 spiro atoms. The highest BCUT2D eigenvalue weighted by Gasteiger charge is 2.34. The minimum absolute atomic E-state index is 0.0864. The number of carbonyl (C=O) groups is 2. The summed E-state index contributed by atoms with van der Waals surface area (Å²) in [5.74, 6) is -0.237. The van der Waals surface area contributed by atoms with Crippen LogP contribution in [0.3, 0.4) is 0 Å². The number of para-hydroxylation sites is 2. The molecule has 2 amide bonds. The maximum Gasteiger partial charge on any atom is 0.268 e. The highest BCUT2D eigenvalue weighted by Crippen LogP contribution is 2.34. The summed E-state index contributed by atoms with van der Waals surface area (Å²) in [6, 6.07) is 13.1. The minimum atomic E-state index is -0.584. The molecule has 130 valence electrons. The third-order valence-corrected chi connectivity index (χ3v) is 4.04. The standard InChI is InChI=1S/C19H19FN2O3/c1-2-16-19(24)22(15-5-3-4-6-17(15)25-16)12-18(23)21-11-13-7-9-14(20)10-8-13/h3-10,16H,2,11-12H2,1H3,(H,21,23)/t16-/m1/s1. The summed E-state index contributed by atoms with van der Waals surface area (Å²) in [5.41, 5.74) is 1.38. The van der Waals surface area contributed by atoms with E-state index in [1.54, 1.807) is 30.3 Å². The van der Waals surface area contributed by atoms with Crippen molar-refractivity contribution in [2.75, 3.05) is 11.4 Å². The van der Waals surface area contributed by atoms with Crippen LogP contribution in [0.4, 0.5) is 10.1 Å². The predicted octanol–water partition coefficient (Wildman–Crippen LogP) is 2.65. The van der Waals surface area contributed by atoms with Gasteiger partial charge in [0.1, 0.15) is 18.1 Å². The minimum Gasteiger partial charge on any atom is -0.478 e. The van der Waals surface area contributed by atoms with Crippen molar-refractivity contribution >= 4 is 17.5 Å². The Hall–Kier alpha value is -2.89. The smallest absolute Gasteiger partial charge is 0.268 e. The third kappa shape index (κ3) is 3.79. The molecule has 1 aliphatic heterocycles. The number of hydrogen-bond acceptors (Lipinski definition) is 3. The van der Waals surface area contributed by atoms with Gasteiger partial charge in [0.05, 0.1) is 5.69 Å². The van der Waals surface area contributed by atoms with Crippen LogP contribution >= 0.6 is 0 Å². The summed E-state index contributed by atoms with van der Waals surface area (Å²) in [5, 5.41) is 2.75. The Bertz CT molecular complexity index is 776. The first kappa shape index (κ1) is 17.0. The van der Waals surface area contributed by atoms with E-state index >= 15 is 0 Å². The Morgan fingerprint density at radius 1 is 1.20 bits per heavy atom. The first-order chi connectivity index (χ1) is 12.1. The molecule has 2 aromatic carbocycles. The number of amides is 2. The largest absolute Gasteiger partial charge is 0.478 e. The van der Waals surface area contributed by atoms with Crippen molar-refractivity contribution in [3.05, 3.63) is 59.9 Å². The average Bonchev–Trinajstić information content (AvgIpc) is 2.63. The van der Waals surface area contributed by atoms with E-state index in [1.165, 1.54) is 17.0 Å². The van der Waals surface area contributed by atoms with Crippen molar-refractivity contribution in [2.45, 2.75) is 26.0 Å². The number of nitrogens with zero attached hydrogens (tertiary/aromatic N) is 1. The molecule has 1 atom stereocenters. The average molecular weight is 342 g/mol. The number of anilines is 1. The lowest BCUT2D eigenvalue weighted by molar-refractivity contribution is -0.129. The van der Waals surface area contributed by atoms with Crippen molar-refractivity contribution in [1.82, 2.24) is 5.32 Å². The van der Waals surface area contributed by atoms with Gasteiger partial charge in [-0.2, -0.15) is 0 Å². The van der Waals surface area contributed by atoms with Gasteiger partial charge in [0.15, 0.2) is 6.10 Å². The van der Waals surface area contributed by atoms with Gasteiger partial charge < -0.3 is 10.1 Å². The molecule has 0 saturated heterocycles. The zero-order valence-electron chi connectivity index (χ0n) is 13.9. The van der Waals surface area contributed by atoms with Gasteiger partial charge in [0.2, 0.25) is 5.91 Å². The van der Waals surface area contributed by atoms with Crippen LogP contribution < -0.4 is 15.0 Å². The van der Waals surface area contributed by atoms with E-state index in [0.717, 1.165) is 5.56 Å². The number of nitrogens with one attached hydrogen (secondary N) is 1. The zero-order chi connectivity index (χ0) is 17.8. The number of rotatable bonds is 5. The van der Waals surface area contributed by atoms with Gasteiger partial charge in [0.25, 0.3) is 5.91 Å². The first-order valence-corrected chi connectivity index (χ1v) is 8.16. The monoisotopic (exact) mass is 342 g/mol. The molecule has 25 heavy (non-hydrogen) atoms. The Labute approximate surface area is 145 Å². The second kappa shape index (κ2) is 7.34. The highest BCUT2D eigenvalue weighted by molar-refractivity contribution is 6.03. The second-order valence-electron chi connectivity index (χ2n) is 5.81. The van der Waals surface area contributed by atoms with E-state index in [9.17, 15) is 14.0 Å². The molecular formula is C19H19FN2O3. The molecule has 0 aromatic heterocycles. The number of ether oxygens (including phenoxy) is 1. The summed E-state index contributed by atoms with van der Waals surface area (Å²) in [6.45, 7) is 2.05. The maximum atomic E-state index is 12.9. The molecular weight excluding hydrogens is 323 g/mol. The van der Waals surface area contributed by atoms with Gasteiger partial charge >= 0.3 is 0 Å². The number of benzene rings is 2. The molecule has 2 aromatic rings. The molecule has 5 nitrogen and oxygen atoms in total. The summed E-state index contributed by atoms with van der Waals surface area (Å²) in [7, 11) is 0. The van der Waals surface area contributed by atoms with Gasteiger partial charge in [0, 0.05) is 6.54 Å². The lowest BCUT2D eigenvalue weighted by Gasteiger charge is -2.33. The molecule has 0 bridgehead atoms. The van der Waals surface area contributed by atoms with Gasteiger partial charge in [-0.1, -0.05) is 31.2 Å². The number of fused-ring (bicyclic) bond motifs is 1. The summed E-state index contributed by atoms with van der Waals surface area (Å²) in [4.78, 5) is 26.3. The zero-order valence-corrected chi connectivity index (χ0v) is 13.9. The molecule has 6 heteroatoms. The molecule has 0 unspecified atom stereocenters. The fraction of sp³-hybridized carbons (Fsp3) is 0.263. The van der Waals surface area contributed by atoms with Crippen molar-refractivity contribution in [3.8, 4) is 5.75 Å². The van der Waals surface area contributed by atoms with Gasteiger partial charge in [-0.05, 0) is 36.2 Å². The highest BCUT2D eigenvalue weighted by atomic mass is 19.1. The molecule has 0 radical (unpaired) electrons. The van der Waals surface area contributed by atoms with Crippen LogP contribution in [0, 0.1) is 5.82 Å². The summed E-state index contributed by atoms with van der Waals surface area (Å²) in [6.07, 6.45) is -0.0549. The van der Waals surface area contributed by atoms with E-state index in [1.807, 2.05) is 13.0 Å². The number of halogens is 1. The van der Waals surface area contributed by atoms with Crippen LogP contribution in [0.2, 0.25) is 0 Å². The third-order valence-electron chi connectivity index (χ3n) is 4.04. The van der Waals surface area contributed by atoms with Gasteiger partial charge in [-0.15, -0.1) is 0 Å². The van der Waals surface area contributed by atoms with Crippen LogP contribution in [-0.2, 0) is 16.1 Å². The molecule has 0 fully saturated rings. The molecule has 0 saturated carbocycles. The predicted molar refractivity (Wildman–Crippen MR) is 91.7 cm³/mol. The Morgan fingerprint density at radius 3 is 2.64 bits per heavy atom. The van der Waals surface area contributed by atoms with Crippen molar-refractivity contribution in [3.63, 3.8) is 0 Å². The van der Waals surface area contributed by atoms with Crippen molar-refractivity contribution in [1.29, 1.82) is 0 Å². The van der Waals surface area contributed by atoms with Crippen molar-refractivity contribution < 1.29 is 18.7 Å². The van der Waals surface area contributed by atoms with Gasteiger partial charge in [-0.25, -0.2) is 4.39 Å². The van der Waals surface area contributed by atoms with E-state index in [0.29, 0.717) is 17.9 Å². The van der Waals surface area contributed by atoms with Crippen LogP contribution in [0.5, 0.6) is 5.75 Å². The van der Waals surface area contributed by atoms with Crippen LogP contribution in [0.1, 0.15) is 18.9 Å². The quantitative estimate of drug-likeness (QED) is 0.909. The number of carbonyl (C=O) groups excluding carboxylic acids is 2. The first-order valence-electron chi connectivity index (χ1n) is 8.16. The fourth-order valence-corrected chi connectivity index (χ4v) is 2.70. The molecule has 1 aliphatic rings. The number of hydrogen-bond donors (Lipinski definition) is 1. The Morgan fingerprint density at radius 2 is 1.92 bits per heavy atom. The second-order valence-corrected chi connectivity index (χ2v) is 5.81. The molecule has 1 heterocycles. The summed E-state index contributed by atoms with van der Waals surface area (Å²) < 4.78 is 18.6. The van der Waals surface area contributed by atoms with Crippen LogP contribution in [0.25, 0.3) is 0 Å².